The maximum atomic E-state index is 12.3. The molecule has 0 heterocycles. The number of nitrogens with one attached hydrogen (secondary N) is 1. The Hall–Kier alpha value is -1.32. The number of carboxylic acids is 1. The predicted octanol–water partition coefficient (Wildman–Crippen LogP) is 2.60. The Morgan fingerprint density at radius 3 is 2.48 bits per heavy atom. The van der Waals surface area contributed by atoms with Gasteiger partial charge in [0.25, 0.3) is 0 Å². The number of fused-ring (bicyclic) bond motifs is 2. The Morgan fingerprint density at radius 2 is 1.90 bits per heavy atom. The summed E-state index contributed by atoms with van der Waals surface area (Å²) >= 11 is 0. The van der Waals surface area contributed by atoms with E-state index in [0.717, 1.165) is 38.5 Å². The van der Waals surface area contributed by atoms with Gasteiger partial charge in [-0.2, -0.15) is 0 Å². The lowest BCUT2D eigenvalue weighted by molar-refractivity contribution is -0.144. The third kappa shape index (κ3) is 3.14. The third-order valence-corrected chi connectivity index (χ3v) is 5.65. The second kappa shape index (κ2) is 6.20. The number of hydrogen-bond donors (Lipinski definition) is 2. The van der Waals surface area contributed by atoms with Crippen molar-refractivity contribution >= 4 is 11.9 Å². The smallest absolute Gasteiger partial charge is 0.308 e. The first-order valence-electron chi connectivity index (χ1n) is 8.34. The van der Waals surface area contributed by atoms with Crippen molar-refractivity contribution in [1.82, 2.24) is 5.32 Å². The maximum Gasteiger partial charge on any atom is 0.308 e. The largest absolute Gasteiger partial charge is 0.481 e. The molecule has 0 aromatic carbocycles. The minimum atomic E-state index is -0.755. The highest BCUT2D eigenvalue weighted by Gasteiger charge is 2.40. The Morgan fingerprint density at radius 1 is 1.14 bits per heavy atom. The van der Waals surface area contributed by atoms with Crippen molar-refractivity contribution in [3.05, 3.63) is 12.2 Å². The highest BCUT2D eigenvalue weighted by Crippen LogP contribution is 2.43. The molecule has 4 unspecified atom stereocenters. The topological polar surface area (TPSA) is 66.4 Å². The Labute approximate surface area is 126 Å². The lowest BCUT2D eigenvalue weighted by Crippen LogP contribution is -2.40. The summed E-state index contributed by atoms with van der Waals surface area (Å²) in [5.41, 5.74) is 0. The fourth-order valence-corrected chi connectivity index (χ4v) is 4.42. The predicted molar refractivity (Wildman–Crippen MR) is 79.6 cm³/mol. The number of allylic oxidation sites excluding steroid dienone is 2. The van der Waals surface area contributed by atoms with Crippen molar-refractivity contribution in [3.8, 4) is 0 Å². The van der Waals surface area contributed by atoms with Crippen LogP contribution in [0, 0.1) is 29.6 Å². The summed E-state index contributed by atoms with van der Waals surface area (Å²) in [6, 6.07) is 0. The molecule has 4 atom stereocenters. The average molecular weight is 291 g/mol. The van der Waals surface area contributed by atoms with Crippen molar-refractivity contribution in [1.29, 1.82) is 0 Å². The maximum absolute atomic E-state index is 12.3. The van der Waals surface area contributed by atoms with Crippen LogP contribution in [0.4, 0.5) is 0 Å². The summed E-state index contributed by atoms with van der Waals surface area (Å²) in [5, 5.41) is 12.4. The molecule has 21 heavy (non-hydrogen) atoms. The SMILES string of the molecule is O=C(NCC(C(=O)O)C1CCCCC1)C1CC2C=CC1C2. The molecular formula is C17H25NO3. The van der Waals surface area contributed by atoms with Crippen LogP contribution in [0.15, 0.2) is 12.2 Å². The molecule has 3 rings (SSSR count). The van der Waals surface area contributed by atoms with E-state index >= 15 is 0 Å². The van der Waals surface area contributed by atoms with Gasteiger partial charge in [-0.1, -0.05) is 31.4 Å². The van der Waals surface area contributed by atoms with Crippen LogP contribution in [0.25, 0.3) is 0 Å². The molecular weight excluding hydrogens is 266 g/mol. The number of carboxylic acid groups (broad SMARTS) is 1. The monoisotopic (exact) mass is 291 g/mol. The quantitative estimate of drug-likeness (QED) is 0.765. The second-order valence-corrected chi connectivity index (χ2v) is 6.97. The van der Waals surface area contributed by atoms with Crippen molar-refractivity contribution in [2.75, 3.05) is 6.54 Å². The molecule has 116 valence electrons. The van der Waals surface area contributed by atoms with Crippen molar-refractivity contribution in [2.24, 2.45) is 29.6 Å². The van der Waals surface area contributed by atoms with E-state index in [4.69, 9.17) is 0 Å². The molecule has 0 spiro atoms. The zero-order valence-corrected chi connectivity index (χ0v) is 12.5. The number of carbonyl (C=O) groups is 2. The fourth-order valence-electron chi connectivity index (χ4n) is 4.42. The normalized spacial score (nSPS) is 33.0. The Bertz CT molecular complexity index is 439. The summed E-state index contributed by atoms with van der Waals surface area (Å²) in [4.78, 5) is 23.8. The number of amides is 1. The van der Waals surface area contributed by atoms with Gasteiger partial charge in [-0.05, 0) is 43.4 Å². The molecule has 2 bridgehead atoms. The lowest BCUT2D eigenvalue weighted by Gasteiger charge is -2.28. The number of rotatable bonds is 5. The van der Waals surface area contributed by atoms with E-state index in [-0.39, 0.29) is 17.7 Å². The fraction of sp³-hybridized carbons (Fsp3) is 0.765. The van der Waals surface area contributed by atoms with Crippen molar-refractivity contribution in [3.63, 3.8) is 0 Å². The molecule has 0 aromatic rings. The van der Waals surface area contributed by atoms with Crippen LogP contribution in [0.5, 0.6) is 0 Å². The van der Waals surface area contributed by atoms with E-state index in [2.05, 4.69) is 17.5 Å². The van der Waals surface area contributed by atoms with E-state index in [1.54, 1.807) is 0 Å². The van der Waals surface area contributed by atoms with Crippen LogP contribution in [0.3, 0.4) is 0 Å². The molecule has 4 heteroatoms. The van der Waals surface area contributed by atoms with Crippen LogP contribution < -0.4 is 5.32 Å². The van der Waals surface area contributed by atoms with Gasteiger partial charge in [0.1, 0.15) is 0 Å². The molecule has 0 aliphatic heterocycles. The van der Waals surface area contributed by atoms with Crippen LogP contribution in [0.2, 0.25) is 0 Å². The van der Waals surface area contributed by atoms with Crippen molar-refractivity contribution in [2.45, 2.75) is 44.9 Å². The average Bonchev–Trinajstić information content (AvgIpc) is 3.11. The Kier molecular flexibility index (Phi) is 4.32. The van der Waals surface area contributed by atoms with Crippen LogP contribution in [-0.4, -0.2) is 23.5 Å². The van der Waals surface area contributed by atoms with Gasteiger partial charge in [-0.15, -0.1) is 0 Å². The van der Waals surface area contributed by atoms with Crippen molar-refractivity contribution < 1.29 is 14.7 Å². The lowest BCUT2D eigenvalue weighted by atomic mass is 9.80. The highest BCUT2D eigenvalue weighted by atomic mass is 16.4. The molecule has 4 nitrogen and oxygen atoms in total. The molecule has 3 aliphatic carbocycles. The molecule has 2 fully saturated rings. The summed E-state index contributed by atoms with van der Waals surface area (Å²) in [5.74, 6) is 0.150. The van der Waals surface area contributed by atoms with Crippen LogP contribution in [-0.2, 0) is 9.59 Å². The first kappa shape index (κ1) is 14.6. The minimum Gasteiger partial charge on any atom is -0.481 e. The summed E-state index contributed by atoms with van der Waals surface area (Å²) < 4.78 is 0. The molecule has 0 aromatic heterocycles. The number of aliphatic carboxylic acids is 1. The first-order valence-corrected chi connectivity index (χ1v) is 8.34. The van der Waals surface area contributed by atoms with Gasteiger partial charge in [0.05, 0.1) is 5.92 Å². The summed E-state index contributed by atoms with van der Waals surface area (Å²) in [6.45, 7) is 0.302. The van der Waals surface area contributed by atoms with Gasteiger partial charge in [0.15, 0.2) is 0 Å². The molecule has 0 saturated heterocycles. The van der Waals surface area contributed by atoms with E-state index in [1.165, 1.54) is 6.42 Å². The number of carbonyl (C=O) groups excluding carboxylic acids is 1. The zero-order valence-electron chi connectivity index (χ0n) is 12.5. The van der Waals surface area contributed by atoms with Gasteiger partial charge >= 0.3 is 5.97 Å². The van der Waals surface area contributed by atoms with Gasteiger partial charge in [-0.3, -0.25) is 9.59 Å². The molecule has 2 saturated carbocycles. The molecule has 0 radical (unpaired) electrons. The van der Waals surface area contributed by atoms with Gasteiger partial charge in [0, 0.05) is 12.5 Å². The van der Waals surface area contributed by atoms with Gasteiger partial charge < -0.3 is 10.4 Å². The summed E-state index contributed by atoms with van der Waals surface area (Å²) in [7, 11) is 0. The van der Waals surface area contributed by atoms with Gasteiger partial charge in [-0.25, -0.2) is 0 Å². The summed E-state index contributed by atoms with van der Waals surface area (Å²) in [6.07, 6.45) is 11.9. The second-order valence-electron chi connectivity index (χ2n) is 6.97. The first-order chi connectivity index (χ1) is 10.1. The van der Waals surface area contributed by atoms with Gasteiger partial charge in [0.2, 0.25) is 5.91 Å². The minimum absolute atomic E-state index is 0.0638. The third-order valence-electron chi connectivity index (χ3n) is 5.65. The van der Waals surface area contributed by atoms with Crippen LogP contribution in [0.1, 0.15) is 44.9 Å². The number of hydrogen-bond acceptors (Lipinski definition) is 2. The van der Waals surface area contributed by atoms with Crippen LogP contribution >= 0.6 is 0 Å². The zero-order chi connectivity index (χ0) is 14.8. The standard InChI is InChI=1S/C17H25NO3/c19-16(14-9-11-6-7-13(14)8-11)18-10-15(17(20)21)12-4-2-1-3-5-12/h6-7,11-15H,1-5,8-10H2,(H,18,19)(H,20,21). The molecule has 2 N–H and O–H groups in total. The van der Waals surface area contributed by atoms with E-state index in [1.807, 2.05) is 0 Å². The van der Waals surface area contributed by atoms with E-state index in [0.29, 0.717) is 18.4 Å². The molecule has 3 aliphatic rings. The highest BCUT2D eigenvalue weighted by molar-refractivity contribution is 5.80. The van der Waals surface area contributed by atoms with E-state index in [9.17, 15) is 14.7 Å². The van der Waals surface area contributed by atoms with E-state index < -0.39 is 11.9 Å². The molecule has 1 amide bonds. The Balaban J connectivity index is 1.53.